The van der Waals surface area contributed by atoms with E-state index in [9.17, 15) is 14.4 Å². The molecule has 0 bridgehead atoms. The Morgan fingerprint density at radius 1 is 1.29 bits per heavy atom. The number of nitrogens with one attached hydrogen (secondary N) is 1. The number of barbiturate groups is 1. The number of imide groups is 2. The van der Waals surface area contributed by atoms with Gasteiger partial charge in [-0.05, 0) is 19.8 Å². The predicted octanol–water partition coefficient (Wildman–Crippen LogP) is 0.467. The van der Waals surface area contributed by atoms with Crippen molar-refractivity contribution in [1.29, 1.82) is 0 Å². The largest absolute Gasteiger partial charge is 0.394 e. The molecular formula is C14H21N3O4. The van der Waals surface area contributed by atoms with Gasteiger partial charge in [0.25, 0.3) is 0 Å². The zero-order valence-electron chi connectivity index (χ0n) is 12.2. The van der Waals surface area contributed by atoms with Crippen molar-refractivity contribution in [1.82, 2.24) is 10.2 Å². The van der Waals surface area contributed by atoms with Crippen molar-refractivity contribution in [2.45, 2.75) is 45.1 Å². The minimum atomic E-state index is -1.06. The zero-order chi connectivity index (χ0) is 15.4. The molecule has 2 aliphatic rings. The van der Waals surface area contributed by atoms with Gasteiger partial charge in [-0.15, -0.1) is 0 Å². The van der Waals surface area contributed by atoms with Crippen molar-refractivity contribution in [3.63, 3.8) is 0 Å². The Labute approximate surface area is 123 Å². The molecule has 2 rings (SSSR count). The van der Waals surface area contributed by atoms with Crippen LogP contribution in [0.4, 0.5) is 4.79 Å². The van der Waals surface area contributed by atoms with Gasteiger partial charge in [-0.3, -0.25) is 24.8 Å². The van der Waals surface area contributed by atoms with Crippen LogP contribution in [0, 0.1) is 5.92 Å². The molecule has 2 N–H and O–H groups in total. The molecule has 1 saturated carbocycles. The monoisotopic (exact) mass is 295 g/mol. The van der Waals surface area contributed by atoms with Gasteiger partial charge in [0.15, 0.2) is 5.92 Å². The van der Waals surface area contributed by atoms with Gasteiger partial charge in [-0.2, -0.15) is 0 Å². The highest BCUT2D eigenvalue weighted by Crippen LogP contribution is 2.26. The minimum Gasteiger partial charge on any atom is -0.394 e. The van der Waals surface area contributed by atoms with Crippen LogP contribution in [-0.2, 0) is 9.59 Å². The van der Waals surface area contributed by atoms with Crippen LogP contribution < -0.4 is 5.32 Å². The van der Waals surface area contributed by atoms with Crippen LogP contribution in [-0.4, -0.2) is 52.8 Å². The summed E-state index contributed by atoms with van der Waals surface area (Å²) in [5.41, 5.74) is 0.333. The van der Waals surface area contributed by atoms with Gasteiger partial charge in [0, 0.05) is 11.8 Å². The smallest absolute Gasteiger partial charge is 0.331 e. The molecule has 4 amide bonds. The number of carbonyl (C=O) groups excluding carboxylic acids is 3. The number of hydrogen-bond acceptors (Lipinski definition) is 5. The van der Waals surface area contributed by atoms with E-state index in [1.807, 2.05) is 0 Å². The lowest BCUT2D eigenvalue weighted by atomic mass is 9.91. The second-order valence-corrected chi connectivity index (χ2v) is 5.47. The summed E-state index contributed by atoms with van der Waals surface area (Å²) in [6.07, 6.45) is 4.65. The van der Waals surface area contributed by atoms with E-state index in [0.717, 1.165) is 32.1 Å². The third-order valence-corrected chi connectivity index (χ3v) is 4.01. The molecule has 0 spiro atoms. The summed E-state index contributed by atoms with van der Waals surface area (Å²) in [7, 11) is 0. The van der Waals surface area contributed by atoms with E-state index in [-0.39, 0.29) is 19.2 Å². The van der Waals surface area contributed by atoms with E-state index < -0.39 is 23.8 Å². The van der Waals surface area contributed by atoms with E-state index in [1.54, 1.807) is 6.92 Å². The maximum atomic E-state index is 12.6. The van der Waals surface area contributed by atoms with E-state index in [1.165, 1.54) is 4.90 Å². The molecule has 21 heavy (non-hydrogen) atoms. The first-order valence-electron chi connectivity index (χ1n) is 7.36. The van der Waals surface area contributed by atoms with Crippen LogP contribution in [0.25, 0.3) is 0 Å². The van der Waals surface area contributed by atoms with Crippen molar-refractivity contribution in [3.05, 3.63) is 0 Å². The first-order chi connectivity index (χ1) is 10.1. The van der Waals surface area contributed by atoms with Crippen LogP contribution >= 0.6 is 0 Å². The standard InChI is InChI=1S/C14H21N3O4/c1-9(15-7-8-18)11-12(19)16-14(21)17(13(11)20)10-5-3-2-4-6-10/h10-11,18H,2-8H2,1H3,(H,16,19,21). The van der Waals surface area contributed by atoms with E-state index in [2.05, 4.69) is 10.3 Å². The molecule has 1 saturated heterocycles. The number of hydrogen-bond donors (Lipinski definition) is 2. The zero-order valence-corrected chi connectivity index (χ0v) is 12.2. The molecule has 0 aromatic rings. The molecule has 1 aliphatic carbocycles. The number of aliphatic imine (C=N–C) groups is 1. The molecular weight excluding hydrogens is 274 g/mol. The topological polar surface area (TPSA) is 99.1 Å². The quantitative estimate of drug-likeness (QED) is 0.581. The summed E-state index contributed by atoms with van der Waals surface area (Å²) in [5.74, 6) is -2.18. The van der Waals surface area contributed by atoms with E-state index in [0.29, 0.717) is 5.71 Å². The average Bonchev–Trinajstić information content (AvgIpc) is 2.45. The van der Waals surface area contributed by atoms with Gasteiger partial charge in [0.05, 0.1) is 13.2 Å². The third kappa shape index (κ3) is 3.29. The average molecular weight is 295 g/mol. The van der Waals surface area contributed by atoms with Crippen molar-refractivity contribution < 1.29 is 19.5 Å². The number of urea groups is 1. The Kier molecular flexibility index (Phi) is 5.06. The molecule has 7 nitrogen and oxygen atoms in total. The fourth-order valence-corrected chi connectivity index (χ4v) is 2.96. The lowest BCUT2D eigenvalue weighted by molar-refractivity contribution is -0.141. The summed E-state index contributed by atoms with van der Waals surface area (Å²) in [6, 6.07) is -0.754. The van der Waals surface area contributed by atoms with Crippen LogP contribution in [0.2, 0.25) is 0 Å². The Morgan fingerprint density at radius 2 is 1.95 bits per heavy atom. The fourth-order valence-electron chi connectivity index (χ4n) is 2.96. The molecule has 2 fully saturated rings. The Bertz CT molecular complexity index is 469. The fraction of sp³-hybridized carbons (Fsp3) is 0.714. The van der Waals surface area contributed by atoms with Crippen LogP contribution in [0.3, 0.4) is 0 Å². The number of carbonyl (C=O) groups is 3. The number of aliphatic hydroxyl groups excluding tert-OH is 1. The maximum Gasteiger partial charge on any atom is 0.331 e. The normalized spacial score (nSPS) is 25.2. The highest BCUT2D eigenvalue weighted by atomic mass is 16.3. The number of amides is 4. The van der Waals surface area contributed by atoms with Gasteiger partial charge in [0.2, 0.25) is 11.8 Å². The van der Waals surface area contributed by atoms with Crippen molar-refractivity contribution in [2.24, 2.45) is 10.9 Å². The molecule has 0 radical (unpaired) electrons. The molecule has 1 aliphatic heterocycles. The summed E-state index contributed by atoms with van der Waals surface area (Å²) >= 11 is 0. The highest BCUT2D eigenvalue weighted by Gasteiger charge is 2.44. The van der Waals surface area contributed by atoms with Gasteiger partial charge < -0.3 is 5.11 Å². The summed E-state index contributed by atoms with van der Waals surface area (Å²) in [5, 5.41) is 11.0. The van der Waals surface area contributed by atoms with Crippen molar-refractivity contribution >= 4 is 23.6 Å². The lowest BCUT2D eigenvalue weighted by Gasteiger charge is -2.37. The first-order valence-corrected chi connectivity index (χ1v) is 7.36. The lowest BCUT2D eigenvalue weighted by Crippen LogP contribution is -2.62. The van der Waals surface area contributed by atoms with Crippen LogP contribution in [0.5, 0.6) is 0 Å². The molecule has 7 heteroatoms. The second-order valence-electron chi connectivity index (χ2n) is 5.47. The first kappa shape index (κ1) is 15.6. The summed E-state index contributed by atoms with van der Waals surface area (Å²) in [4.78, 5) is 41.7. The number of nitrogens with zero attached hydrogens (tertiary/aromatic N) is 2. The number of aliphatic hydroxyl groups is 1. The Hall–Kier alpha value is -1.76. The third-order valence-electron chi connectivity index (χ3n) is 4.01. The predicted molar refractivity (Wildman–Crippen MR) is 75.8 cm³/mol. The molecule has 116 valence electrons. The Balaban J connectivity index is 2.20. The summed E-state index contributed by atoms with van der Waals surface area (Å²) in [6.45, 7) is 1.57. The Morgan fingerprint density at radius 3 is 2.57 bits per heavy atom. The SMILES string of the molecule is CC(=NCCO)C1C(=O)NC(=O)N(C2CCCCC2)C1=O. The molecule has 0 aromatic carbocycles. The van der Waals surface area contributed by atoms with Gasteiger partial charge in [0.1, 0.15) is 0 Å². The molecule has 1 unspecified atom stereocenters. The number of rotatable bonds is 4. The second kappa shape index (κ2) is 6.80. The van der Waals surface area contributed by atoms with Crippen molar-refractivity contribution in [3.8, 4) is 0 Å². The molecule has 1 heterocycles. The molecule has 1 atom stereocenters. The van der Waals surface area contributed by atoms with Crippen molar-refractivity contribution in [2.75, 3.05) is 13.2 Å². The van der Waals surface area contributed by atoms with E-state index >= 15 is 0 Å². The van der Waals surface area contributed by atoms with Gasteiger partial charge in [-0.25, -0.2) is 4.79 Å². The minimum absolute atomic E-state index is 0.132. The van der Waals surface area contributed by atoms with E-state index in [4.69, 9.17) is 5.11 Å². The highest BCUT2D eigenvalue weighted by molar-refractivity contribution is 6.27. The van der Waals surface area contributed by atoms with Crippen LogP contribution in [0.1, 0.15) is 39.0 Å². The van der Waals surface area contributed by atoms with Gasteiger partial charge >= 0.3 is 6.03 Å². The van der Waals surface area contributed by atoms with Crippen LogP contribution in [0.15, 0.2) is 4.99 Å². The van der Waals surface area contributed by atoms with Gasteiger partial charge in [-0.1, -0.05) is 19.3 Å². The maximum absolute atomic E-state index is 12.6. The summed E-state index contributed by atoms with van der Waals surface area (Å²) < 4.78 is 0. The molecule has 0 aromatic heterocycles.